The Hall–Kier alpha value is -2.44. The van der Waals surface area contributed by atoms with Crippen LogP contribution in [0.25, 0.3) is 0 Å². The lowest BCUT2D eigenvalue weighted by Gasteiger charge is -2.04. The van der Waals surface area contributed by atoms with Crippen LogP contribution in [0.15, 0.2) is 46.9 Å². The lowest BCUT2D eigenvalue weighted by atomic mass is 10.2. The third-order valence-electron chi connectivity index (χ3n) is 3.36. The van der Waals surface area contributed by atoms with E-state index in [0.717, 1.165) is 11.3 Å². The van der Waals surface area contributed by atoms with Gasteiger partial charge in [0.05, 0.1) is 11.3 Å². The number of hydrogen-bond donors (Lipinski definition) is 1. The summed E-state index contributed by atoms with van der Waals surface area (Å²) in [6, 6.07) is 8.74. The van der Waals surface area contributed by atoms with Crippen molar-refractivity contribution in [3.8, 4) is 0 Å². The van der Waals surface area contributed by atoms with Crippen LogP contribution in [-0.2, 0) is 7.05 Å². The number of halogens is 1. The van der Waals surface area contributed by atoms with Crippen LogP contribution in [0.3, 0.4) is 0 Å². The summed E-state index contributed by atoms with van der Waals surface area (Å²) in [5.41, 5.74) is 3.04. The molecule has 7 heteroatoms. The second-order valence-electron chi connectivity index (χ2n) is 5.20. The predicted octanol–water partition coefficient (Wildman–Crippen LogP) is 4.45. The molecule has 24 heavy (non-hydrogen) atoms. The fourth-order valence-electron chi connectivity index (χ4n) is 2.18. The largest absolute Gasteiger partial charge is 0.322 e. The molecule has 0 saturated carbocycles. The van der Waals surface area contributed by atoms with E-state index in [0.29, 0.717) is 21.3 Å². The van der Waals surface area contributed by atoms with Gasteiger partial charge in [-0.3, -0.25) is 9.48 Å². The summed E-state index contributed by atoms with van der Waals surface area (Å²) in [7, 11) is 1.86. The standard InChI is InChI=1S/C17H15ClN4OS/c1-11-12(10-22(2)21-11)9-19-17-15(7-8-24-17)16(23)20-14-5-3-13(18)4-6-14/h3-10H,1-2H3,(H,20,23)/b19-9+. The number of benzene rings is 1. The van der Waals surface area contributed by atoms with Crippen molar-refractivity contribution in [2.24, 2.45) is 12.0 Å². The molecular formula is C17H15ClN4OS. The third-order valence-corrected chi connectivity index (χ3v) is 4.44. The van der Waals surface area contributed by atoms with Crippen molar-refractivity contribution in [3.63, 3.8) is 0 Å². The molecule has 0 aliphatic heterocycles. The first-order chi connectivity index (χ1) is 11.5. The number of nitrogens with one attached hydrogen (secondary N) is 1. The zero-order valence-corrected chi connectivity index (χ0v) is 14.7. The third kappa shape index (κ3) is 3.72. The van der Waals surface area contributed by atoms with Crippen LogP contribution >= 0.6 is 22.9 Å². The van der Waals surface area contributed by atoms with Gasteiger partial charge in [-0.1, -0.05) is 11.6 Å². The minimum absolute atomic E-state index is 0.200. The maximum Gasteiger partial charge on any atom is 0.258 e. The molecule has 0 spiro atoms. The first kappa shape index (κ1) is 16.4. The number of anilines is 1. The highest BCUT2D eigenvalue weighted by Gasteiger charge is 2.12. The summed E-state index contributed by atoms with van der Waals surface area (Å²) in [5, 5.41) is 10.2. The Labute approximate surface area is 148 Å². The van der Waals surface area contributed by atoms with E-state index in [1.165, 1.54) is 11.3 Å². The summed E-state index contributed by atoms with van der Waals surface area (Å²) in [5.74, 6) is -0.200. The van der Waals surface area contributed by atoms with E-state index in [4.69, 9.17) is 11.6 Å². The zero-order valence-electron chi connectivity index (χ0n) is 13.2. The predicted molar refractivity (Wildman–Crippen MR) is 98.9 cm³/mol. The monoisotopic (exact) mass is 358 g/mol. The Morgan fingerprint density at radius 2 is 2.08 bits per heavy atom. The first-order valence-electron chi connectivity index (χ1n) is 7.21. The second-order valence-corrected chi connectivity index (χ2v) is 6.53. The Kier molecular flexibility index (Phi) is 4.78. The minimum Gasteiger partial charge on any atom is -0.322 e. The topological polar surface area (TPSA) is 59.3 Å². The van der Waals surface area contributed by atoms with E-state index in [1.54, 1.807) is 41.2 Å². The maximum absolute atomic E-state index is 12.4. The Bertz CT molecular complexity index is 896. The number of aromatic nitrogens is 2. The average molecular weight is 359 g/mol. The van der Waals surface area contributed by atoms with Crippen molar-refractivity contribution in [1.29, 1.82) is 0 Å². The number of thiophene rings is 1. The molecule has 2 aromatic heterocycles. The van der Waals surface area contributed by atoms with Gasteiger partial charge in [0.15, 0.2) is 0 Å². The highest BCUT2D eigenvalue weighted by molar-refractivity contribution is 7.14. The average Bonchev–Trinajstić information content (AvgIpc) is 3.13. The van der Waals surface area contributed by atoms with E-state index in [9.17, 15) is 4.79 Å². The highest BCUT2D eigenvalue weighted by Crippen LogP contribution is 2.27. The normalized spacial score (nSPS) is 11.1. The highest BCUT2D eigenvalue weighted by atomic mass is 35.5. The molecule has 0 bridgehead atoms. The molecule has 0 saturated heterocycles. The molecule has 122 valence electrons. The maximum atomic E-state index is 12.4. The van der Waals surface area contributed by atoms with Gasteiger partial charge in [-0.05, 0) is 42.6 Å². The molecule has 5 nitrogen and oxygen atoms in total. The smallest absolute Gasteiger partial charge is 0.258 e. The second kappa shape index (κ2) is 6.98. The first-order valence-corrected chi connectivity index (χ1v) is 8.47. The number of amides is 1. The van der Waals surface area contributed by atoms with Crippen molar-refractivity contribution in [2.45, 2.75) is 6.92 Å². The summed E-state index contributed by atoms with van der Waals surface area (Å²) in [6.07, 6.45) is 3.62. The van der Waals surface area contributed by atoms with Crippen molar-refractivity contribution in [3.05, 3.63) is 63.8 Å². The molecule has 0 atom stereocenters. The molecule has 0 radical (unpaired) electrons. The molecule has 3 aromatic rings. The number of aliphatic imine (C=N–C) groups is 1. The van der Waals surface area contributed by atoms with Gasteiger partial charge in [0.2, 0.25) is 0 Å². The molecule has 0 unspecified atom stereocenters. The number of carbonyl (C=O) groups excluding carboxylic acids is 1. The molecule has 3 rings (SSSR count). The van der Waals surface area contributed by atoms with E-state index < -0.39 is 0 Å². The van der Waals surface area contributed by atoms with Gasteiger partial charge in [0.1, 0.15) is 5.00 Å². The lowest BCUT2D eigenvalue weighted by Crippen LogP contribution is -2.10. The molecule has 0 aliphatic carbocycles. The van der Waals surface area contributed by atoms with Gasteiger partial charge in [-0.2, -0.15) is 5.10 Å². The van der Waals surface area contributed by atoms with Crippen molar-refractivity contribution < 1.29 is 4.79 Å². The van der Waals surface area contributed by atoms with Crippen LogP contribution in [0.4, 0.5) is 10.7 Å². The Balaban J connectivity index is 1.78. The number of aryl methyl sites for hydroxylation is 2. The Morgan fingerprint density at radius 3 is 2.75 bits per heavy atom. The molecule has 1 aromatic carbocycles. The molecule has 0 fully saturated rings. The number of rotatable bonds is 4. The van der Waals surface area contributed by atoms with Crippen LogP contribution in [0.1, 0.15) is 21.6 Å². The van der Waals surface area contributed by atoms with E-state index in [1.807, 2.05) is 25.5 Å². The summed E-state index contributed by atoms with van der Waals surface area (Å²) < 4.78 is 1.74. The van der Waals surface area contributed by atoms with Crippen molar-refractivity contribution in [1.82, 2.24) is 9.78 Å². The summed E-state index contributed by atoms with van der Waals surface area (Å²) in [4.78, 5) is 16.9. The van der Waals surface area contributed by atoms with Gasteiger partial charge >= 0.3 is 0 Å². The molecule has 1 N–H and O–H groups in total. The van der Waals surface area contributed by atoms with E-state index in [2.05, 4.69) is 15.4 Å². The SMILES string of the molecule is Cc1nn(C)cc1/C=N/c1sccc1C(=O)Nc1ccc(Cl)cc1. The van der Waals surface area contributed by atoms with Gasteiger partial charge in [-0.15, -0.1) is 11.3 Å². The molecular weight excluding hydrogens is 344 g/mol. The molecule has 0 aliphatic rings. The van der Waals surface area contributed by atoms with Crippen LogP contribution in [-0.4, -0.2) is 21.9 Å². The molecule has 1 amide bonds. The minimum atomic E-state index is -0.200. The summed E-state index contributed by atoms with van der Waals surface area (Å²) >= 11 is 7.27. The van der Waals surface area contributed by atoms with Crippen LogP contribution in [0, 0.1) is 6.92 Å². The van der Waals surface area contributed by atoms with Crippen LogP contribution in [0.2, 0.25) is 5.02 Å². The van der Waals surface area contributed by atoms with Crippen LogP contribution in [0.5, 0.6) is 0 Å². The number of carbonyl (C=O) groups is 1. The van der Waals surface area contributed by atoms with Gasteiger partial charge < -0.3 is 5.32 Å². The van der Waals surface area contributed by atoms with Crippen LogP contribution < -0.4 is 5.32 Å². The van der Waals surface area contributed by atoms with Gasteiger partial charge in [0.25, 0.3) is 5.91 Å². The Morgan fingerprint density at radius 1 is 1.33 bits per heavy atom. The quantitative estimate of drug-likeness (QED) is 0.700. The molecule has 2 heterocycles. The van der Waals surface area contributed by atoms with Crippen molar-refractivity contribution >= 4 is 45.7 Å². The van der Waals surface area contributed by atoms with E-state index >= 15 is 0 Å². The number of nitrogens with zero attached hydrogens (tertiary/aromatic N) is 3. The zero-order chi connectivity index (χ0) is 17.1. The van der Waals surface area contributed by atoms with Gasteiger partial charge in [0, 0.05) is 35.7 Å². The number of hydrogen-bond acceptors (Lipinski definition) is 4. The van der Waals surface area contributed by atoms with E-state index in [-0.39, 0.29) is 5.91 Å². The fourth-order valence-corrected chi connectivity index (χ4v) is 3.04. The van der Waals surface area contributed by atoms with Gasteiger partial charge in [-0.25, -0.2) is 4.99 Å². The fraction of sp³-hybridized carbons (Fsp3) is 0.118. The lowest BCUT2D eigenvalue weighted by molar-refractivity contribution is 0.102. The van der Waals surface area contributed by atoms with Crippen molar-refractivity contribution in [2.75, 3.05) is 5.32 Å². The summed E-state index contributed by atoms with van der Waals surface area (Å²) in [6.45, 7) is 1.92.